The van der Waals surface area contributed by atoms with Crippen LogP contribution in [0.4, 0.5) is 13.2 Å². The molecule has 0 radical (unpaired) electrons. The van der Waals surface area contributed by atoms with Gasteiger partial charge in [-0.2, -0.15) is 13.2 Å². The maximum Gasteiger partial charge on any atom is 0.490 e. The Bertz CT molecular complexity index is 413. The van der Waals surface area contributed by atoms with Crippen LogP contribution in [0.15, 0.2) is 0 Å². The van der Waals surface area contributed by atoms with E-state index in [9.17, 15) is 13.2 Å². The van der Waals surface area contributed by atoms with Crippen molar-refractivity contribution in [2.45, 2.75) is 75.9 Å². The monoisotopic (exact) mass is 353 g/mol. The fourth-order valence-corrected chi connectivity index (χ4v) is 4.00. The molecule has 24 heavy (non-hydrogen) atoms. The summed E-state index contributed by atoms with van der Waals surface area (Å²) >= 11 is 0. The normalized spacial score (nSPS) is 31.4. The Labute approximate surface area is 140 Å². The second kappa shape index (κ2) is 8.49. The van der Waals surface area contributed by atoms with E-state index in [-0.39, 0.29) is 0 Å². The minimum Gasteiger partial charge on any atom is -0.475 e. The summed E-state index contributed by atoms with van der Waals surface area (Å²) in [6.07, 6.45) is 3.65. The van der Waals surface area contributed by atoms with Crippen molar-refractivity contribution in [2.24, 2.45) is 0 Å². The predicted molar refractivity (Wildman–Crippen MR) is 80.8 cm³/mol. The lowest BCUT2D eigenvalue weighted by Gasteiger charge is -2.44. The van der Waals surface area contributed by atoms with E-state index < -0.39 is 12.1 Å². The second-order valence-electron chi connectivity index (χ2n) is 6.45. The lowest BCUT2D eigenvalue weighted by molar-refractivity contribution is -0.192. The molecule has 0 spiro atoms. The van der Waals surface area contributed by atoms with Crippen molar-refractivity contribution >= 4 is 5.97 Å². The zero-order valence-electron chi connectivity index (χ0n) is 13.9. The molecule has 0 unspecified atom stereocenters. The van der Waals surface area contributed by atoms with E-state index in [2.05, 4.69) is 11.8 Å². The van der Waals surface area contributed by atoms with Gasteiger partial charge in [-0.15, -0.1) is 0 Å². The number of likely N-dealkylation sites (tertiary alicyclic amines) is 1. The van der Waals surface area contributed by atoms with Gasteiger partial charge in [-0.25, -0.2) is 4.79 Å². The van der Waals surface area contributed by atoms with Gasteiger partial charge in [-0.3, -0.25) is 4.90 Å². The number of hydrogen-bond donors (Lipinski definition) is 1. The molecule has 3 atom stereocenters. The molecular weight excluding hydrogens is 327 g/mol. The summed E-state index contributed by atoms with van der Waals surface area (Å²) in [6.45, 7) is 5.07. The van der Waals surface area contributed by atoms with E-state index in [1.54, 1.807) is 0 Å². The number of halogens is 3. The highest BCUT2D eigenvalue weighted by Gasteiger charge is 2.45. The molecule has 0 aromatic carbocycles. The highest BCUT2D eigenvalue weighted by Crippen LogP contribution is 2.35. The largest absolute Gasteiger partial charge is 0.490 e. The molecule has 1 N–H and O–H groups in total. The first-order valence-corrected chi connectivity index (χ1v) is 8.63. The molecule has 0 amide bonds. The minimum absolute atomic E-state index is 0.351. The molecule has 3 aliphatic rings. The predicted octanol–water partition coefficient (Wildman–Crippen LogP) is 2.83. The molecule has 0 bridgehead atoms. The van der Waals surface area contributed by atoms with Crippen molar-refractivity contribution < 1.29 is 32.5 Å². The van der Waals surface area contributed by atoms with Gasteiger partial charge in [0.05, 0.1) is 12.2 Å². The molecule has 8 heteroatoms. The summed E-state index contributed by atoms with van der Waals surface area (Å²) in [5.74, 6) is -2.76. The maximum absolute atomic E-state index is 10.6. The molecule has 0 aromatic heterocycles. The topological polar surface area (TPSA) is 59.0 Å². The van der Waals surface area contributed by atoms with E-state index in [4.69, 9.17) is 19.4 Å². The number of carboxylic acids is 1. The van der Waals surface area contributed by atoms with Crippen LogP contribution in [0.5, 0.6) is 0 Å². The van der Waals surface area contributed by atoms with E-state index in [1.165, 1.54) is 38.6 Å². The number of piperidine rings is 1. The third-order valence-corrected chi connectivity index (χ3v) is 4.98. The Balaban J connectivity index is 0.000000256. The lowest BCUT2D eigenvalue weighted by Crippen LogP contribution is -2.56. The van der Waals surface area contributed by atoms with Gasteiger partial charge in [0.1, 0.15) is 0 Å². The number of fused-ring (bicyclic) bond motifs is 1. The molecular formula is C16H26F3NO4. The summed E-state index contributed by atoms with van der Waals surface area (Å²) in [5, 5.41) is 7.12. The van der Waals surface area contributed by atoms with Gasteiger partial charge in [0.2, 0.25) is 0 Å². The molecule has 3 fully saturated rings. The minimum atomic E-state index is -5.08. The Kier molecular flexibility index (Phi) is 6.88. The summed E-state index contributed by atoms with van der Waals surface area (Å²) in [5.41, 5.74) is 0. The average molecular weight is 353 g/mol. The number of carboxylic acid groups (broad SMARTS) is 1. The number of nitrogens with zero attached hydrogens (tertiary/aromatic N) is 1. The summed E-state index contributed by atoms with van der Waals surface area (Å²) in [7, 11) is 0. The van der Waals surface area contributed by atoms with Crippen LogP contribution in [0.2, 0.25) is 0 Å². The number of hydrogen-bond acceptors (Lipinski definition) is 4. The van der Waals surface area contributed by atoms with Crippen molar-refractivity contribution in [3.8, 4) is 0 Å². The first kappa shape index (κ1) is 19.5. The number of alkyl halides is 3. The average Bonchev–Trinajstić information content (AvgIpc) is 3.19. The molecule has 0 aromatic rings. The van der Waals surface area contributed by atoms with Crippen LogP contribution in [-0.4, -0.2) is 66.2 Å². The maximum atomic E-state index is 10.6. The van der Waals surface area contributed by atoms with Gasteiger partial charge in [-0.1, -0.05) is 12.8 Å². The zero-order valence-corrected chi connectivity index (χ0v) is 13.9. The van der Waals surface area contributed by atoms with Crippen LogP contribution < -0.4 is 0 Å². The molecule has 3 rings (SSSR count). The van der Waals surface area contributed by atoms with Gasteiger partial charge < -0.3 is 14.6 Å². The number of carbonyl (C=O) groups is 1. The summed E-state index contributed by atoms with van der Waals surface area (Å²) in [4.78, 5) is 11.6. The smallest absolute Gasteiger partial charge is 0.475 e. The highest BCUT2D eigenvalue weighted by molar-refractivity contribution is 5.73. The molecule has 2 heterocycles. The third kappa shape index (κ3) is 4.83. The molecule has 140 valence electrons. The fourth-order valence-electron chi connectivity index (χ4n) is 4.00. The Morgan fingerprint density at radius 1 is 1.25 bits per heavy atom. The van der Waals surface area contributed by atoms with Crippen LogP contribution in [0.25, 0.3) is 0 Å². The van der Waals surface area contributed by atoms with Crippen LogP contribution in [0, 0.1) is 0 Å². The van der Waals surface area contributed by atoms with Crippen molar-refractivity contribution in [3.05, 3.63) is 0 Å². The Morgan fingerprint density at radius 3 is 2.42 bits per heavy atom. The third-order valence-electron chi connectivity index (χ3n) is 4.98. The lowest BCUT2D eigenvalue weighted by atomic mass is 9.93. The Hall–Kier alpha value is -0.860. The molecule has 1 saturated carbocycles. The Morgan fingerprint density at radius 2 is 1.88 bits per heavy atom. The van der Waals surface area contributed by atoms with Gasteiger partial charge in [0.25, 0.3) is 0 Å². The fraction of sp³-hybridized carbons (Fsp3) is 0.938. The van der Waals surface area contributed by atoms with Crippen LogP contribution in [-0.2, 0) is 14.3 Å². The van der Waals surface area contributed by atoms with E-state index in [0.717, 1.165) is 25.7 Å². The van der Waals surface area contributed by atoms with Gasteiger partial charge in [0.15, 0.2) is 0 Å². The standard InChI is InChI=1S/C14H25NO2.C2HF3O2/c1-2-16-13-7-9-15(11-5-3-4-6-11)12-8-10-17-14(12)13;3-2(4,5)1(6)7/h11-14H,2-10H2,1H3;(H,6,7)/t12-,13+,14-;/m0./s1. The van der Waals surface area contributed by atoms with Gasteiger partial charge in [-0.05, 0) is 32.6 Å². The second-order valence-corrected chi connectivity index (χ2v) is 6.45. The SMILES string of the molecule is CCO[C@@H]1CCN(C2CCCC2)[C@H]2CCO[C@H]12.O=C(O)C(F)(F)F. The van der Waals surface area contributed by atoms with E-state index >= 15 is 0 Å². The quantitative estimate of drug-likeness (QED) is 0.845. The molecule has 2 aliphatic heterocycles. The number of rotatable bonds is 3. The van der Waals surface area contributed by atoms with Crippen LogP contribution in [0.1, 0.15) is 45.4 Å². The zero-order chi connectivity index (χ0) is 17.7. The van der Waals surface area contributed by atoms with Crippen LogP contribution in [0.3, 0.4) is 0 Å². The van der Waals surface area contributed by atoms with Gasteiger partial charge >= 0.3 is 12.1 Å². The first-order chi connectivity index (χ1) is 11.3. The van der Waals surface area contributed by atoms with Crippen molar-refractivity contribution in [2.75, 3.05) is 19.8 Å². The molecule has 5 nitrogen and oxygen atoms in total. The summed E-state index contributed by atoms with van der Waals surface area (Å²) in [6, 6.07) is 1.48. The van der Waals surface area contributed by atoms with Crippen molar-refractivity contribution in [1.82, 2.24) is 4.90 Å². The number of aliphatic carboxylic acids is 1. The summed E-state index contributed by atoms with van der Waals surface area (Å²) < 4.78 is 43.5. The van der Waals surface area contributed by atoms with Crippen LogP contribution >= 0.6 is 0 Å². The van der Waals surface area contributed by atoms with Crippen molar-refractivity contribution in [1.29, 1.82) is 0 Å². The highest BCUT2D eigenvalue weighted by atomic mass is 19.4. The first-order valence-electron chi connectivity index (χ1n) is 8.63. The molecule has 1 aliphatic carbocycles. The molecule has 2 saturated heterocycles. The van der Waals surface area contributed by atoms with E-state index in [1.807, 2.05) is 0 Å². The van der Waals surface area contributed by atoms with Gasteiger partial charge in [0, 0.05) is 31.8 Å². The van der Waals surface area contributed by atoms with Crippen molar-refractivity contribution in [3.63, 3.8) is 0 Å². The number of ether oxygens (including phenoxy) is 2. The van der Waals surface area contributed by atoms with E-state index in [0.29, 0.717) is 18.2 Å².